The Morgan fingerprint density at radius 1 is 0.867 bits per heavy atom. The zero-order valence-corrected chi connectivity index (χ0v) is 9.63. The summed E-state index contributed by atoms with van der Waals surface area (Å²) in [6, 6.07) is 0. The molecule has 1 atom stereocenters. The topological polar surface area (TPSA) is 33.3 Å². The summed E-state index contributed by atoms with van der Waals surface area (Å²) in [6.07, 6.45) is 5.26. The number of piperidine rings is 2. The second kappa shape index (κ2) is 6.46. The Balaban J connectivity index is 1.53. The van der Waals surface area contributed by atoms with Gasteiger partial charge >= 0.3 is 0 Å². The SMILES string of the molecule is C1CNCC(COCC2CCNCC2)C1. The van der Waals surface area contributed by atoms with Gasteiger partial charge in [0.25, 0.3) is 0 Å². The quantitative estimate of drug-likeness (QED) is 0.729. The smallest absolute Gasteiger partial charge is 0.0506 e. The Labute approximate surface area is 93.0 Å². The van der Waals surface area contributed by atoms with Crippen molar-refractivity contribution in [1.82, 2.24) is 10.6 Å². The third-order valence-corrected chi connectivity index (χ3v) is 3.56. The third-order valence-electron chi connectivity index (χ3n) is 3.56. The average Bonchev–Trinajstić information content (AvgIpc) is 2.32. The Morgan fingerprint density at radius 3 is 2.40 bits per heavy atom. The fourth-order valence-corrected chi connectivity index (χ4v) is 2.52. The van der Waals surface area contributed by atoms with Crippen LogP contribution in [0.5, 0.6) is 0 Å². The van der Waals surface area contributed by atoms with Gasteiger partial charge in [0.1, 0.15) is 0 Å². The summed E-state index contributed by atoms with van der Waals surface area (Å²) in [4.78, 5) is 0. The van der Waals surface area contributed by atoms with Gasteiger partial charge in [0.15, 0.2) is 0 Å². The molecule has 2 heterocycles. The monoisotopic (exact) mass is 212 g/mol. The Bertz CT molecular complexity index is 145. The fraction of sp³-hybridized carbons (Fsp3) is 1.00. The number of nitrogens with one attached hydrogen (secondary N) is 2. The second-order valence-corrected chi connectivity index (χ2v) is 4.94. The molecule has 2 aliphatic rings. The first-order valence-electron chi connectivity index (χ1n) is 6.44. The molecule has 2 fully saturated rings. The van der Waals surface area contributed by atoms with Crippen molar-refractivity contribution in [3.8, 4) is 0 Å². The number of rotatable bonds is 4. The van der Waals surface area contributed by atoms with Crippen molar-refractivity contribution in [3.05, 3.63) is 0 Å². The Kier molecular flexibility index (Phi) is 4.90. The predicted octanol–water partition coefficient (Wildman–Crippen LogP) is 1.00. The highest BCUT2D eigenvalue weighted by molar-refractivity contribution is 4.70. The Morgan fingerprint density at radius 2 is 1.67 bits per heavy atom. The molecule has 1 unspecified atom stereocenters. The maximum absolute atomic E-state index is 5.84. The standard InChI is InChI=1S/C12H24N2O/c1-2-12(8-14-5-1)10-15-9-11-3-6-13-7-4-11/h11-14H,1-10H2. The lowest BCUT2D eigenvalue weighted by atomic mass is 9.98. The second-order valence-electron chi connectivity index (χ2n) is 4.94. The van der Waals surface area contributed by atoms with Crippen LogP contribution in [0.1, 0.15) is 25.7 Å². The maximum atomic E-state index is 5.84. The number of hydrogen-bond donors (Lipinski definition) is 2. The minimum Gasteiger partial charge on any atom is -0.381 e. The molecular formula is C12H24N2O. The molecule has 0 bridgehead atoms. The summed E-state index contributed by atoms with van der Waals surface area (Å²) in [5.74, 6) is 1.57. The van der Waals surface area contributed by atoms with Crippen LogP contribution in [0.25, 0.3) is 0 Å². The van der Waals surface area contributed by atoms with E-state index in [1.165, 1.54) is 45.3 Å². The molecule has 0 spiro atoms. The van der Waals surface area contributed by atoms with Crippen LogP contribution in [0, 0.1) is 11.8 Å². The molecule has 15 heavy (non-hydrogen) atoms. The van der Waals surface area contributed by atoms with Gasteiger partial charge in [-0.25, -0.2) is 0 Å². The normalized spacial score (nSPS) is 29.2. The van der Waals surface area contributed by atoms with Crippen molar-refractivity contribution in [2.24, 2.45) is 11.8 Å². The van der Waals surface area contributed by atoms with Gasteiger partial charge < -0.3 is 15.4 Å². The molecule has 0 amide bonds. The van der Waals surface area contributed by atoms with Crippen molar-refractivity contribution in [2.75, 3.05) is 39.4 Å². The first-order chi connectivity index (χ1) is 7.45. The first-order valence-corrected chi connectivity index (χ1v) is 6.44. The van der Waals surface area contributed by atoms with Gasteiger partial charge in [-0.15, -0.1) is 0 Å². The van der Waals surface area contributed by atoms with Gasteiger partial charge in [0.2, 0.25) is 0 Å². The molecule has 3 heteroatoms. The van der Waals surface area contributed by atoms with Crippen LogP contribution < -0.4 is 10.6 Å². The van der Waals surface area contributed by atoms with E-state index in [1.807, 2.05) is 0 Å². The molecule has 0 aliphatic carbocycles. The minimum absolute atomic E-state index is 0.764. The minimum atomic E-state index is 0.764. The van der Waals surface area contributed by atoms with Crippen LogP contribution >= 0.6 is 0 Å². The summed E-state index contributed by atoms with van der Waals surface area (Å²) in [5.41, 5.74) is 0. The molecule has 0 aromatic carbocycles. The van der Waals surface area contributed by atoms with Gasteiger partial charge in [0, 0.05) is 13.2 Å². The lowest BCUT2D eigenvalue weighted by Crippen LogP contribution is -2.34. The van der Waals surface area contributed by atoms with Crippen molar-refractivity contribution >= 4 is 0 Å². The summed E-state index contributed by atoms with van der Waals surface area (Å²) >= 11 is 0. The van der Waals surface area contributed by atoms with E-state index in [1.54, 1.807) is 0 Å². The predicted molar refractivity (Wildman–Crippen MR) is 62.0 cm³/mol. The van der Waals surface area contributed by atoms with Crippen LogP contribution in [-0.4, -0.2) is 39.4 Å². The third kappa shape index (κ3) is 4.09. The van der Waals surface area contributed by atoms with Crippen molar-refractivity contribution in [1.29, 1.82) is 0 Å². The molecule has 88 valence electrons. The molecule has 0 saturated carbocycles. The van der Waals surface area contributed by atoms with E-state index in [9.17, 15) is 0 Å². The lowest BCUT2D eigenvalue weighted by molar-refractivity contribution is 0.0560. The number of ether oxygens (including phenoxy) is 1. The highest BCUT2D eigenvalue weighted by atomic mass is 16.5. The van der Waals surface area contributed by atoms with E-state index < -0.39 is 0 Å². The van der Waals surface area contributed by atoms with E-state index in [4.69, 9.17) is 4.74 Å². The summed E-state index contributed by atoms with van der Waals surface area (Å²) in [5, 5.41) is 6.82. The van der Waals surface area contributed by atoms with Gasteiger partial charge in [-0.05, 0) is 57.2 Å². The largest absolute Gasteiger partial charge is 0.381 e. The molecule has 0 aromatic rings. The van der Waals surface area contributed by atoms with E-state index in [2.05, 4.69) is 10.6 Å². The molecular weight excluding hydrogens is 188 g/mol. The van der Waals surface area contributed by atoms with Crippen LogP contribution in [0.2, 0.25) is 0 Å². The first kappa shape index (κ1) is 11.4. The average molecular weight is 212 g/mol. The number of hydrogen-bond acceptors (Lipinski definition) is 3. The Hall–Kier alpha value is -0.120. The lowest BCUT2D eigenvalue weighted by Gasteiger charge is -2.25. The molecule has 2 saturated heterocycles. The zero-order chi connectivity index (χ0) is 10.3. The van der Waals surface area contributed by atoms with Gasteiger partial charge in [-0.1, -0.05) is 0 Å². The molecule has 2 rings (SSSR count). The van der Waals surface area contributed by atoms with Crippen molar-refractivity contribution in [3.63, 3.8) is 0 Å². The van der Waals surface area contributed by atoms with Gasteiger partial charge in [-0.2, -0.15) is 0 Å². The van der Waals surface area contributed by atoms with E-state index in [0.29, 0.717) is 0 Å². The van der Waals surface area contributed by atoms with Crippen molar-refractivity contribution < 1.29 is 4.74 Å². The summed E-state index contributed by atoms with van der Waals surface area (Å²) < 4.78 is 5.84. The highest BCUT2D eigenvalue weighted by Crippen LogP contribution is 2.14. The van der Waals surface area contributed by atoms with E-state index in [-0.39, 0.29) is 0 Å². The van der Waals surface area contributed by atoms with Crippen LogP contribution in [0.4, 0.5) is 0 Å². The summed E-state index contributed by atoms with van der Waals surface area (Å²) in [7, 11) is 0. The molecule has 2 N–H and O–H groups in total. The van der Waals surface area contributed by atoms with Crippen molar-refractivity contribution in [2.45, 2.75) is 25.7 Å². The molecule has 2 aliphatic heterocycles. The van der Waals surface area contributed by atoms with Gasteiger partial charge in [-0.3, -0.25) is 0 Å². The summed E-state index contributed by atoms with van der Waals surface area (Å²) in [6.45, 7) is 6.67. The maximum Gasteiger partial charge on any atom is 0.0506 e. The van der Waals surface area contributed by atoms with Crippen LogP contribution in [0.15, 0.2) is 0 Å². The molecule has 0 radical (unpaired) electrons. The van der Waals surface area contributed by atoms with E-state index >= 15 is 0 Å². The fourth-order valence-electron chi connectivity index (χ4n) is 2.52. The van der Waals surface area contributed by atoms with Gasteiger partial charge in [0.05, 0.1) is 6.61 Å². The molecule has 0 aromatic heterocycles. The zero-order valence-electron chi connectivity index (χ0n) is 9.63. The highest BCUT2D eigenvalue weighted by Gasteiger charge is 2.16. The molecule has 3 nitrogen and oxygen atoms in total. The van der Waals surface area contributed by atoms with Crippen LogP contribution in [-0.2, 0) is 4.74 Å². The van der Waals surface area contributed by atoms with Crippen LogP contribution in [0.3, 0.4) is 0 Å². The van der Waals surface area contributed by atoms with E-state index in [0.717, 1.165) is 31.6 Å².